The molecule has 0 aromatic heterocycles. The number of hydrogen-bond acceptors (Lipinski definition) is 7. The van der Waals surface area contributed by atoms with Gasteiger partial charge in [0.2, 0.25) is 0 Å². The van der Waals surface area contributed by atoms with Crippen molar-refractivity contribution in [3.63, 3.8) is 0 Å². The van der Waals surface area contributed by atoms with Gasteiger partial charge in [0.25, 0.3) is 0 Å². The minimum Gasteiger partial charge on any atom is -0.480 e. The number of carbonyl (C=O) groups excluding carboxylic acids is 1. The molecule has 0 fully saturated rings. The zero-order valence-corrected chi connectivity index (χ0v) is 14.9. The summed E-state index contributed by atoms with van der Waals surface area (Å²) in [5, 5.41) is 21.1. The molecule has 136 valence electrons. The Labute approximate surface area is 140 Å². The number of carboxylic acids is 1. The lowest BCUT2D eigenvalue weighted by Crippen LogP contribution is -2.45. The summed E-state index contributed by atoms with van der Waals surface area (Å²) in [5.74, 6) is -0.745. The highest BCUT2D eigenvalue weighted by Crippen LogP contribution is 2.09. The molecule has 0 aliphatic carbocycles. The average Bonchev–Trinajstić information content (AvgIpc) is 2.40. The zero-order chi connectivity index (χ0) is 17.9. The molecule has 9 heteroatoms. The summed E-state index contributed by atoms with van der Waals surface area (Å²) in [5.41, 5.74) is -0.698. The van der Waals surface area contributed by atoms with Crippen LogP contribution in [0.2, 0.25) is 0 Å². The molecule has 0 radical (unpaired) electrons. The van der Waals surface area contributed by atoms with Crippen LogP contribution in [0.3, 0.4) is 0 Å². The lowest BCUT2D eigenvalue weighted by atomic mass is 10.2. The number of methoxy groups -OCH3 is 1. The number of aliphatic hydroxyl groups excluding tert-OH is 1. The standard InChI is InChI=1S/C14H27NO7S/c1-14(2,3)22-13(19)15-11(12(17)18)9-23-8-10(16)7-21-6-5-20-4/h10-11,16H,5-9H2,1-4H3,(H,15,19)(H,17,18). The molecule has 0 aliphatic rings. The number of ether oxygens (including phenoxy) is 3. The number of hydrogen-bond donors (Lipinski definition) is 3. The summed E-state index contributed by atoms with van der Waals surface area (Å²) >= 11 is 1.21. The van der Waals surface area contributed by atoms with E-state index in [9.17, 15) is 14.7 Å². The highest BCUT2D eigenvalue weighted by atomic mass is 32.2. The molecule has 2 unspecified atom stereocenters. The second-order valence-corrected chi connectivity index (χ2v) is 6.87. The number of aliphatic carboxylic acids is 1. The zero-order valence-electron chi connectivity index (χ0n) is 14.0. The largest absolute Gasteiger partial charge is 0.480 e. The van der Waals surface area contributed by atoms with Crippen molar-refractivity contribution >= 4 is 23.8 Å². The molecule has 23 heavy (non-hydrogen) atoms. The van der Waals surface area contributed by atoms with Gasteiger partial charge in [0.05, 0.1) is 25.9 Å². The summed E-state index contributed by atoms with van der Waals surface area (Å²) < 4.78 is 15.0. The van der Waals surface area contributed by atoms with Gasteiger partial charge in [0, 0.05) is 18.6 Å². The lowest BCUT2D eigenvalue weighted by Gasteiger charge is -2.22. The minimum atomic E-state index is -1.16. The Hall–Kier alpha value is -1.03. The number of aliphatic hydroxyl groups is 1. The quantitative estimate of drug-likeness (QED) is 0.466. The van der Waals surface area contributed by atoms with Gasteiger partial charge in [-0.3, -0.25) is 0 Å². The van der Waals surface area contributed by atoms with Gasteiger partial charge in [-0.2, -0.15) is 11.8 Å². The van der Waals surface area contributed by atoms with Gasteiger partial charge < -0.3 is 29.7 Å². The molecule has 0 saturated carbocycles. The molecule has 0 heterocycles. The second-order valence-electron chi connectivity index (χ2n) is 5.80. The van der Waals surface area contributed by atoms with Crippen LogP contribution >= 0.6 is 11.8 Å². The van der Waals surface area contributed by atoms with E-state index in [1.807, 2.05) is 0 Å². The molecule has 0 bridgehead atoms. The van der Waals surface area contributed by atoms with Crippen molar-refractivity contribution < 1.29 is 34.0 Å². The van der Waals surface area contributed by atoms with E-state index >= 15 is 0 Å². The van der Waals surface area contributed by atoms with Crippen LogP contribution in [0.5, 0.6) is 0 Å². The van der Waals surface area contributed by atoms with Gasteiger partial charge in [0.1, 0.15) is 11.6 Å². The Morgan fingerprint density at radius 2 is 1.87 bits per heavy atom. The molecular weight excluding hydrogens is 326 g/mol. The first kappa shape index (κ1) is 22.0. The van der Waals surface area contributed by atoms with E-state index < -0.39 is 29.8 Å². The van der Waals surface area contributed by atoms with Crippen molar-refractivity contribution in [1.29, 1.82) is 0 Å². The van der Waals surface area contributed by atoms with Crippen molar-refractivity contribution in [2.45, 2.75) is 38.5 Å². The summed E-state index contributed by atoms with van der Waals surface area (Å²) in [4.78, 5) is 22.7. The number of thioether (sulfide) groups is 1. The first-order valence-corrected chi connectivity index (χ1v) is 8.36. The summed E-state index contributed by atoms with van der Waals surface area (Å²) in [6, 6.07) is -1.09. The molecule has 1 amide bonds. The van der Waals surface area contributed by atoms with Crippen LogP contribution in [-0.4, -0.2) is 78.5 Å². The SMILES string of the molecule is COCCOCC(O)CSCC(NC(=O)OC(C)(C)C)C(=O)O. The third kappa shape index (κ3) is 13.1. The van der Waals surface area contributed by atoms with Crippen LogP contribution in [0.15, 0.2) is 0 Å². The van der Waals surface area contributed by atoms with Crippen molar-refractivity contribution in [1.82, 2.24) is 5.32 Å². The minimum absolute atomic E-state index is 0.115. The first-order chi connectivity index (χ1) is 10.7. The first-order valence-electron chi connectivity index (χ1n) is 7.20. The van der Waals surface area contributed by atoms with Crippen molar-refractivity contribution in [3.8, 4) is 0 Å². The molecule has 3 N–H and O–H groups in total. The summed E-state index contributed by atoms with van der Waals surface area (Å²) in [7, 11) is 1.55. The molecule has 2 atom stereocenters. The molecule has 0 aliphatic heterocycles. The van der Waals surface area contributed by atoms with Crippen LogP contribution in [0, 0.1) is 0 Å². The molecule has 0 aromatic carbocycles. The Balaban J connectivity index is 4.05. The normalized spacial score (nSPS) is 14.1. The number of rotatable bonds is 11. The van der Waals surface area contributed by atoms with Gasteiger partial charge in [0.15, 0.2) is 0 Å². The van der Waals surface area contributed by atoms with Crippen LogP contribution in [0.1, 0.15) is 20.8 Å². The van der Waals surface area contributed by atoms with E-state index in [4.69, 9.17) is 19.3 Å². The Kier molecular flexibility index (Phi) is 11.0. The predicted octanol–water partition coefficient (Wildman–Crippen LogP) is 0.721. The molecule has 0 rings (SSSR count). The summed E-state index contributed by atoms with van der Waals surface area (Å²) in [6.07, 6.45) is -1.50. The highest BCUT2D eigenvalue weighted by molar-refractivity contribution is 7.99. The van der Waals surface area contributed by atoms with Crippen molar-refractivity contribution in [2.75, 3.05) is 38.4 Å². The molecule has 0 saturated heterocycles. The van der Waals surface area contributed by atoms with Crippen LogP contribution in [-0.2, 0) is 19.0 Å². The fraction of sp³-hybridized carbons (Fsp3) is 0.857. The molecular formula is C14H27NO7S. The van der Waals surface area contributed by atoms with E-state index in [1.54, 1.807) is 27.9 Å². The van der Waals surface area contributed by atoms with Crippen molar-refractivity contribution in [3.05, 3.63) is 0 Å². The maximum atomic E-state index is 11.6. The summed E-state index contributed by atoms with van der Waals surface area (Å²) in [6.45, 7) is 6.05. The van der Waals surface area contributed by atoms with Gasteiger partial charge in [-0.1, -0.05) is 0 Å². The number of alkyl carbamates (subject to hydrolysis) is 1. The Morgan fingerprint density at radius 3 is 2.39 bits per heavy atom. The topological polar surface area (TPSA) is 114 Å². The number of nitrogens with one attached hydrogen (secondary N) is 1. The lowest BCUT2D eigenvalue weighted by molar-refractivity contribution is -0.138. The third-order valence-corrected chi connectivity index (χ3v) is 3.52. The number of carbonyl (C=O) groups is 2. The van der Waals surface area contributed by atoms with Crippen LogP contribution in [0.4, 0.5) is 4.79 Å². The Bertz CT molecular complexity index is 360. The smallest absolute Gasteiger partial charge is 0.408 e. The maximum absolute atomic E-state index is 11.6. The van der Waals surface area contributed by atoms with Gasteiger partial charge in [-0.05, 0) is 20.8 Å². The molecule has 0 aromatic rings. The van der Waals surface area contributed by atoms with E-state index in [-0.39, 0.29) is 12.4 Å². The number of amides is 1. The predicted molar refractivity (Wildman–Crippen MR) is 86.8 cm³/mol. The van der Waals surface area contributed by atoms with E-state index in [1.165, 1.54) is 11.8 Å². The van der Waals surface area contributed by atoms with Crippen LogP contribution < -0.4 is 5.32 Å². The van der Waals surface area contributed by atoms with Gasteiger partial charge in [-0.15, -0.1) is 0 Å². The van der Waals surface area contributed by atoms with Crippen molar-refractivity contribution in [2.24, 2.45) is 0 Å². The Morgan fingerprint density at radius 1 is 1.22 bits per heavy atom. The highest BCUT2D eigenvalue weighted by Gasteiger charge is 2.24. The maximum Gasteiger partial charge on any atom is 0.408 e. The van der Waals surface area contributed by atoms with Crippen LogP contribution in [0.25, 0.3) is 0 Å². The van der Waals surface area contributed by atoms with E-state index in [0.29, 0.717) is 19.0 Å². The van der Waals surface area contributed by atoms with E-state index in [2.05, 4.69) is 5.32 Å². The van der Waals surface area contributed by atoms with Gasteiger partial charge in [-0.25, -0.2) is 9.59 Å². The molecule has 8 nitrogen and oxygen atoms in total. The fourth-order valence-electron chi connectivity index (χ4n) is 1.36. The molecule has 0 spiro atoms. The monoisotopic (exact) mass is 353 g/mol. The second kappa shape index (κ2) is 11.5. The number of carboxylic acid groups (broad SMARTS) is 1. The van der Waals surface area contributed by atoms with Gasteiger partial charge >= 0.3 is 12.1 Å². The average molecular weight is 353 g/mol. The fourth-order valence-corrected chi connectivity index (χ4v) is 2.32. The van der Waals surface area contributed by atoms with E-state index in [0.717, 1.165) is 0 Å². The third-order valence-electron chi connectivity index (χ3n) is 2.33.